The van der Waals surface area contributed by atoms with Crippen LogP contribution < -0.4 is 10.6 Å². The third kappa shape index (κ3) is 5.21. The predicted molar refractivity (Wildman–Crippen MR) is 106 cm³/mol. The maximum Gasteiger partial charge on any atom is 0.191 e. The maximum absolute atomic E-state index is 5.29. The number of nitrogens with zero attached hydrogens (tertiary/aromatic N) is 1. The van der Waals surface area contributed by atoms with Crippen molar-refractivity contribution in [1.82, 2.24) is 10.6 Å². The first-order chi connectivity index (χ1) is 11.9. The van der Waals surface area contributed by atoms with Crippen LogP contribution in [0.1, 0.15) is 50.7 Å². The molecule has 0 amide bonds. The Morgan fingerprint density at radius 2 is 1.96 bits per heavy atom. The Bertz CT molecular complexity index is 576. The zero-order valence-corrected chi connectivity index (χ0v) is 16.6. The Kier molecular flexibility index (Phi) is 6.88. The van der Waals surface area contributed by atoms with Gasteiger partial charge in [-0.05, 0) is 42.7 Å². The molecule has 2 rings (SSSR count). The molecule has 0 unspecified atom stereocenters. The Labute approximate surface area is 153 Å². The zero-order valence-electron chi connectivity index (χ0n) is 16.6. The fourth-order valence-electron chi connectivity index (χ4n) is 3.73. The number of guanidine groups is 1. The number of hydrogen-bond acceptors (Lipinski definition) is 2. The second-order valence-electron chi connectivity index (χ2n) is 8.07. The Morgan fingerprint density at radius 3 is 2.52 bits per heavy atom. The number of benzene rings is 1. The molecule has 0 saturated heterocycles. The molecular formula is C21H35N3O. The number of ether oxygens (including phenoxy) is 1. The molecule has 2 N–H and O–H groups in total. The van der Waals surface area contributed by atoms with Gasteiger partial charge in [-0.25, -0.2) is 0 Å². The van der Waals surface area contributed by atoms with Crippen molar-refractivity contribution >= 4 is 5.96 Å². The van der Waals surface area contributed by atoms with E-state index >= 15 is 0 Å². The highest BCUT2D eigenvalue weighted by Crippen LogP contribution is 2.43. The molecule has 140 valence electrons. The van der Waals surface area contributed by atoms with E-state index in [4.69, 9.17) is 4.74 Å². The van der Waals surface area contributed by atoms with Gasteiger partial charge in [-0.3, -0.25) is 4.99 Å². The fraction of sp³-hybridized carbons (Fsp3) is 0.667. The molecular weight excluding hydrogens is 310 g/mol. The number of aryl methyl sites for hydroxylation is 1. The van der Waals surface area contributed by atoms with E-state index in [2.05, 4.69) is 60.7 Å². The molecule has 0 bridgehead atoms. The zero-order chi connectivity index (χ0) is 18.3. The predicted octanol–water partition coefficient (Wildman–Crippen LogP) is 3.64. The third-order valence-corrected chi connectivity index (χ3v) is 5.68. The van der Waals surface area contributed by atoms with Gasteiger partial charge >= 0.3 is 0 Å². The molecule has 4 nitrogen and oxygen atoms in total. The summed E-state index contributed by atoms with van der Waals surface area (Å²) in [4.78, 5) is 4.41. The molecule has 1 aliphatic carbocycles. The van der Waals surface area contributed by atoms with Crippen molar-refractivity contribution in [1.29, 1.82) is 0 Å². The molecule has 1 aromatic rings. The van der Waals surface area contributed by atoms with Crippen LogP contribution in [0, 0.1) is 12.3 Å². The van der Waals surface area contributed by atoms with Gasteiger partial charge in [0.1, 0.15) is 0 Å². The van der Waals surface area contributed by atoms with Crippen LogP contribution in [0.2, 0.25) is 0 Å². The van der Waals surface area contributed by atoms with Crippen molar-refractivity contribution in [2.75, 3.05) is 33.9 Å². The standard InChI is InChI=1S/C21H35N3O/c1-17-9-6-7-10-18(17)20(2,3)15-23-19(22-4)24-16-21(11-8-12-21)13-14-25-5/h6-7,9-10H,8,11-16H2,1-5H3,(H2,22,23,24). The van der Waals surface area contributed by atoms with E-state index in [0.29, 0.717) is 5.41 Å². The van der Waals surface area contributed by atoms with Crippen LogP contribution in [-0.2, 0) is 10.2 Å². The lowest BCUT2D eigenvalue weighted by Gasteiger charge is -2.42. The molecule has 1 aliphatic rings. The van der Waals surface area contributed by atoms with Crippen LogP contribution in [0.4, 0.5) is 0 Å². The van der Waals surface area contributed by atoms with Crippen LogP contribution in [0.5, 0.6) is 0 Å². The number of rotatable bonds is 8. The molecule has 1 aromatic carbocycles. The summed E-state index contributed by atoms with van der Waals surface area (Å²) >= 11 is 0. The lowest BCUT2D eigenvalue weighted by atomic mass is 9.67. The summed E-state index contributed by atoms with van der Waals surface area (Å²) in [6.07, 6.45) is 5.03. The fourth-order valence-corrected chi connectivity index (χ4v) is 3.73. The third-order valence-electron chi connectivity index (χ3n) is 5.68. The minimum atomic E-state index is 0.0488. The number of methoxy groups -OCH3 is 1. The average molecular weight is 346 g/mol. The van der Waals surface area contributed by atoms with Crippen molar-refractivity contribution in [3.63, 3.8) is 0 Å². The number of hydrogen-bond donors (Lipinski definition) is 2. The smallest absolute Gasteiger partial charge is 0.191 e. The van der Waals surface area contributed by atoms with Gasteiger partial charge in [0.05, 0.1) is 0 Å². The van der Waals surface area contributed by atoms with Crippen LogP contribution in [0.25, 0.3) is 0 Å². The Balaban J connectivity index is 1.89. The molecule has 0 aliphatic heterocycles. The molecule has 0 radical (unpaired) electrons. The van der Waals surface area contributed by atoms with Crippen molar-refractivity contribution < 1.29 is 4.74 Å². The first-order valence-corrected chi connectivity index (χ1v) is 9.42. The van der Waals surface area contributed by atoms with Crippen LogP contribution in [0.15, 0.2) is 29.3 Å². The molecule has 1 fully saturated rings. The van der Waals surface area contributed by atoms with Crippen molar-refractivity contribution in [3.8, 4) is 0 Å². The van der Waals surface area contributed by atoms with E-state index in [1.165, 1.54) is 30.4 Å². The molecule has 25 heavy (non-hydrogen) atoms. The van der Waals surface area contributed by atoms with Gasteiger partial charge in [0.15, 0.2) is 5.96 Å². The first kappa shape index (κ1) is 19.8. The van der Waals surface area contributed by atoms with Gasteiger partial charge in [-0.2, -0.15) is 0 Å². The molecule has 1 saturated carbocycles. The summed E-state index contributed by atoms with van der Waals surface area (Å²) in [5, 5.41) is 7.06. The lowest BCUT2D eigenvalue weighted by Crippen LogP contribution is -2.49. The quantitative estimate of drug-likeness (QED) is 0.558. The molecule has 4 heteroatoms. The molecule has 0 atom stereocenters. The second kappa shape index (κ2) is 8.70. The van der Waals surface area contributed by atoms with Crippen molar-refractivity contribution in [2.45, 2.75) is 51.9 Å². The summed E-state index contributed by atoms with van der Waals surface area (Å²) in [5.41, 5.74) is 3.16. The van der Waals surface area contributed by atoms with Gasteiger partial charge < -0.3 is 15.4 Å². The minimum absolute atomic E-state index is 0.0488. The highest BCUT2D eigenvalue weighted by Gasteiger charge is 2.36. The number of nitrogens with one attached hydrogen (secondary N) is 2. The topological polar surface area (TPSA) is 45.7 Å². The summed E-state index contributed by atoms with van der Waals surface area (Å²) < 4.78 is 5.29. The minimum Gasteiger partial charge on any atom is -0.385 e. The van der Waals surface area contributed by atoms with Crippen LogP contribution in [-0.4, -0.2) is 39.8 Å². The summed E-state index contributed by atoms with van der Waals surface area (Å²) in [6, 6.07) is 8.62. The largest absolute Gasteiger partial charge is 0.385 e. The molecule has 0 heterocycles. The summed E-state index contributed by atoms with van der Waals surface area (Å²) in [5.74, 6) is 0.894. The SMILES string of the molecule is CN=C(NCC1(CCOC)CCC1)NCC(C)(C)c1ccccc1C. The van der Waals surface area contributed by atoms with Gasteiger partial charge in [-0.15, -0.1) is 0 Å². The van der Waals surface area contributed by atoms with E-state index in [0.717, 1.165) is 32.1 Å². The van der Waals surface area contributed by atoms with Crippen LogP contribution in [0.3, 0.4) is 0 Å². The van der Waals surface area contributed by atoms with Crippen molar-refractivity contribution in [3.05, 3.63) is 35.4 Å². The van der Waals surface area contributed by atoms with E-state index in [1.54, 1.807) is 7.11 Å². The maximum atomic E-state index is 5.29. The van der Waals surface area contributed by atoms with Crippen LogP contribution >= 0.6 is 0 Å². The highest BCUT2D eigenvalue weighted by atomic mass is 16.5. The summed E-state index contributed by atoms with van der Waals surface area (Å²) in [6.45, 7) is 9.40. The average Bonchev–Trinajstić information content (AvgIpc) is 2.56. The molecule has 0 spiro atoms. The van der Waals surface area contributed by atoms with Gasteiger partial charge in [0.25, 0.3) is 0 Å². The van der Waals surface area contributed by atoms with E-state index in [-0.39, 0.29) is 5.41 Å². The Morgan fingerprint density at radius 1 is 1.24 bits per heavy atom. The van der Waals surface area contributed by atoms with Gasteiger partial charge in [0, 0.05) is 39.3 Å². The number of aliphatic imine (C=N–C) groups is 1. The molecule has 0 aromatic heterocycles. The van der Waals surface area contributed by atoms with E-state index in [9.17, 15) is 0 Å². The normalized spacial score (nSPS) is 17.1. The lowest BCUT2D eigenvalue weighted by molar-refractivity contribution is 0.0732. The monoisotopic (exact) mass is 345 g/mol. The van der Waals surface area contributed by atoms with E-state index in [1.807, 2.05) is 7.05 Å². The van der Waals surface area contributed by atoms with Crippen molar-refractivity contribution in [2.24, 2.45) is 10.4 Å². The summed E-state index contributed by atoms with van der Waals surface area (Å²) in [7, 11) is 3.63. The highest BCUT2D eigenvalue weighted by molar-refractivity contribution is 5.79. The van der Waals surface area contributed by atoms with Gasteiger partial charge in [-0.1, -0.05) is 44.5 Å². The van der Waals surface area contributed by atoms with E-state index < -0.39 is 0 Å². The Hall–Kier alpha value is -1.55. The second-order valence-corrected chi connectivity index (χ2v) is 8.07. The van der Waals surface area contributed by atoms with Gasteiger partial charge in [0.2, 0.25) is 0 Å². The first-order valence-electron chi connectivity index (χ1n) is 9.42.